The molecule has 3 N–H and O–H groups in total. The monoisotopic (exact) mass is 348 g/mol. The van der Waals surface area contributed by atoms with E-state index in [1.54, 1.807) is 12.1 Å². The Hall–Kier alpha value is -1.88. The number of carbonyl (C=O) groups is 2. The van der Waals surface area contributed by atoms with Crippen LogP contribution in [0, 0.1) is 11.8 Å². The van der Waals surface area contributed by atoms with Gasteiger partial charge in [0, 0.05) is 18.7 Å². The van der Waals surface area contributed by atoms with Gasteiger partial charge in [-0.3, -0.25) is 9.59 Å². The highest BCUT2D eigenvalue weighted by molar-refractivity contribution is 5.97. The van der Waals surface area contributed by atoms with Gasteiger partial charge < -0.3 is 15.7 Å². The van der Waals surface area contributed by atoms with Crippen LogP contribution in [0.1, 0.15) is 57.5 Å². The van der Waals surface area contributed by atoms with Crippen molar-refractivity contribution < 1.29 is 14.7 Å². The Bertz CT molecular complexity index is 574. The SMILES string of the molecule is CC(CO)CNC(=O)C(NC(=O)c1ccc(C(C)(C)C)cc1)C(C)C. The molecule has 0 saturated heterocycles. The first-order chi connectivity index (χ1) is 11.6. The van der Waals surface area contributed by atoms with Crippen LogP contribution in [0.2, 0.25) is 0 Å². The third-order valence-electron chi connectivity index (χ3n) is 4.19. The maximum atomic E-state index is 12.5. The molecular weight excluding hydrogens is 316 g/mol. The number of aliphatic hydroxyl groups is 1. The van der Waals surface area contributed by atoms with Crippen LogP contribution in [0.3, 0.4) is 0 Å². The van der Waals surface area contributed by atoms with Crippen LogP contribution in [0.15, 0.2) is 24.3 Å². The number of hydrogen-bond donors (Lipinski definition) is 3. The second-order valence-electron chi connectivity index (χ2n) is 8.06. The van der Waals surface area contributed by atoms with Crippen molar-refractivity contribution in [3.05, 3.63) is 35.4 Å². The highest BCUT2D eigenvalue weighted by atomic mass is 16.3. The molecule has 1 rings (SSSR count). The van der Waals surface area contributed by atoms with Crippen molar-refractivity contribution in [2.24, 2.45) is 11.8 Å². The molecule has 0 aliphatic carbocycles. The second-order valence-corrected chi connectivity index (χ2v) is 8.06. The van der Waals surface area contributed by atoms with Gasteiger partial charge in [0.1, 0.15) is 6.04 Å². The first kappa shape index (κ1) is 21.2. The fraction of sp³-hybridized carbons (Fsp3) is 0.600. The van der Waals surface area contributed by atoms with Gasteiger partial charge in [-0.2, -0.15) is 0 Å². The molecule has 140 valence electrons. The zero-order valence-electron chi connectivity index (χ0n) is 16.2. The molecule has 0 radical (unpaired) electrons. The third-order valence-corrected chi connectivity index (χ3v) is 4.19. The van der Waals surface area contributed by atoms with Gasteiger partial charge >= 0.3 is 0 Å². The lowest BCUT2D eigenvalue weighted by molar-refractivity contribution is -0.124. The minimum absolute atomic E-state index is 0.0130. The molecule has 0 aromatic heterocycles. The van der Waals surface area contributed by atoms with Gasteiger partial charge in [-0.05, 0) is 34.9 Å². The summed E-state index contributed by atoms with van der Waals surface area (Å²) in [6, 6.07) is 6.86. The van der Waals surface area contributed by atoms with E-state index in [4.69, 9.17) is 5.11 Å². The molecule has 0 saturated carbocycles. The number of nitrogens with one attached hydrogen (secondary N) is 2. The van der Waals surface area contributed by atoms with Gasteiger partial charge in [-0.25, -0.2) is 0 Å². The van der Waals surface area contributed by atoms with Crippen LogP contribution in [-0.2, 0) is 10.2 Å². The molecule has 0 aliphatic heterocycles. The number of benzene rings is 1. The normalized spacial score (nSPS) is 14.1. The molecule has 0 spiro atoms. The smallest absolute Gasteiger partial charge is 0.251 e. The van der Waals surface area contributed by atoms with Crippen LogP contribution in [0.4, 0.5) is 0 Å². The van der Waals surface area contributed by atoms with Crippen molar-refractivity contribution in [1.82, 2.24) is 10.6 Å². The standard InChI is InChI=1S/C20H32N2O3/c1-13(2)17(19(25)21-11-14(3)12-23)22-18(24)15-7-9-16(10-8-15)20(4,5)6/h7-10,13-14,17,23H,11-12H2,1-6H3,(H,21,25)(H,22,24). The lowest BCUT2D eigenvalue weighted by atomic mass is 9.86. The fourth-order valence-electron chi connectivity index (χ4n) is 2.33. The average Bonchev–Trinajstić information content (AvgIpc) is 2.55. The average molecular weight is 348 g/mol. The Labute approximate surface area is 151 Å². The molecule has 0 aliphatic rings. The van der Waals surface area contributed by atoms with Crippen molar-refractivity contribution in [2.45, 2.75) is 53.0 Å². The van der Waals surface area contributed by atoms with E-state index in [1.165, 1.54) is 0 Å². The fourth-order valence-corrected chi connectivity index (χ4v) is 2.33. The summed E-state index contributed by atoms with van der Waals surface area (Å²) in [6.07, 6.45) is 0. The van der Waals surface area contributed by atoms with Crippen LogP contribution in [-0.4, -0.2) is 36.1 Å². The molecule has 2 atom stereocenters. The molecule has 1 aromatic carbocycles. The van der Waals surface area contributed by atoms with E-state index in [2.05, 4.69) is 31.4 Å². The molecule has 0 fully saturated rings. The highest BCUT2D eigenvalue weighted by Gasteiger charge is 2.25. The Morgan fingerprint density at radius 1 is 1.08 bits per heavy atom. The molecule has 0 bridgehead atoms. The van der Waals surface area contributed by atoms with E-state index in [-0.39, 0.29) is 35.7 Å². The van der Waals surface area contributed by atoms with Crippen molar-refractivity contribution in [3.8, 4) is 0 Å². The Morgan fingerprint density at radius 2 is 1.64 bits per heavy atom. The quantitative estimate of drug-likeness (QED) is 0.708. The lowest BCUT2D eigenvalue weighted by Crippen LogP contribution is -2.50. The predicted octanol–water partition coefficient (Wildman–Crippen LogP) is 2.48. The Morgan fingerprint density at radius 3 is 2.08 bits per heavy atom. The number of aliphatic hydroxyl groups excluding tert-OH is 1. The molecule has 25 heavy (non-hydrogen) atoms. The molecule has 0 heterocycles. The first-order valence-corrected chi connectivity index (χ1v) is 8.86. The minimum atomic E-state index is -0.610. The van der Waals surface area contributed by atoms with Gasteiger partial charge in [-0.15, -0.1) is 0 Å². The van der Waals surface area contributed by atoms with Crippen molar-refractivity contribution in [3.63, 3.8) is 0 Å². The largest absolute Gasteiger partial charge is 0.396 e. The molecule has 2 unspecified atom stereocenters. The highest BCUT2D eigenvalue weighted by Crippen LogP contribution is 2.22. The van der Waals surface area contributed by atoms with E-state index in [9.17, 15) is 9.59 Å². The van der Waals surface area contributed by atoms with Crippen molar-refractivity contribution >= 4 is 11.8 Å². The zero-order chi connectivity index (χ0) is 19.2. The van der Waals surface area contributed by atoms with Gasteiger partial charge in [0.05, 0.1) is 0 Å². The van der Waals surface area contributed by atoms with E-state index in [1.807, 2.05) is 32.9 Å². The maximum absolute atomic E-state index is 12.5. The second kappa shape index (κ2) is 8.99. The third kappa shape index (κ3) is 6.50. The summed E-state index contributed by atoms with van der Waals surface area (Å²) in [5.41, 5.74) is 1.72. The number of hydrogen-bond acceptors (Lipinski definition) is 3. The number of carbonyl (C=O) groups excluding carboxylic acids is 2. The van der Waals surface area contributed by atoms with E-state index in [0.717, 1.165) is 5.56 Å². The van der Waals surface area contributed by atoms with E-state index >= 15 is 0 Å². The molecular formula is C20H32N2O3. The maximum Gasteiger partial charge on any atom is 0.251 e. The Balaban J connectivity index is 2.77. The summed E-state index contributed by atoms with van der Waals surface area (Å²) in [5, 5.41) is 14.7. The summed E-state index contributed by atoms with van der Waals surface area (Å²) >= 11 is 0. The van der Waals surface area contributed by atoms with Crippen LogP contribution < -0.4 is 10.6 Å². The van der Waals surface area contributed by atoms with E-state index < -0.39 is 6.04 Å². The number of rotatable bonds is 7. The predicted molar refractivity (Wildman–Crippen MR) is 100 cm³/mol. The summed E-state index contributed by atoms with van der Waals surface area (Å²) in [5.74, 6) is -0.542. The van der Waals surface area contributed by atoms with Crippen molar-refractivity contribution in [2.75, 3.05) is 13.2 Å². The summed E-state index contributed by atoms with van der Waals surface area (Å²) < 4.78 is 0. The molecule has 5 nitrogen and oxygen atoms in total. The first-order valence-electron chi connectivity index (χ1n) is 8.86. The number of amides is 2. The summed E-state index contributed by atoms with van der Waals surface area (Å²) in [6.45, 7) is 12.4. The van der Waals surface area contributed by atoms with Gasteiger partial charge in [-0.1, -0.05) is 53.7 Å². The van der Waals surface area contributed by atoms with Gasteiger partial charge in [0.25, 0.3) is 5.91 Å². The van der Waals surface area contributed by atoms with Crippen LogP contribution in [0.25, 0.3) is 0 Å². The molecule has 2 amide bonds. The zero-order valence-corrected chi connectivity index (χ0v) is 16.2. The van der Waals surface area contributed by atoms with Gasteiger partial charge in [0.15, 0.2) is 0 Å². The van der Waals surface area contributed by atoms with E-state index in [0.29, 0.717) is 12.1 Å². The topological polar surface area (TPSA) is 78.4 Å². The molecule has 5 heteroatoms. The van der Waals surface area contributed by atoms with Crippen LogP contribution >= 0.6 is 0 Å². The van der Waals surface area contributed by atoms with Crippen molar-refractivity contribution in [1.29, 1.82) is 0 Å². The summed E-state index contributed by atoms with van der Waals surface area (Å²) in [4.78, 5) is 24.8. The Kier molecular flexibility index (Phi) is 7.61. The summed E-state index contributed by atoms with van der Waals surface area (Å²) in [7, 11) is 0. The van der Waals surface area contributed by atoms with Crippen LogP contribution in [0.5, 0.6) is 0 Å². The molecule has 1 aromatic rings. The minimum Gasteiger partial charge on any atom is -0.396 e. The van der Waals surface area contributed by atoms with Gasteiger partial charge in [0.2, 0.25) is 5.91 Å². The lowest BCUT2D eigenvalue weighted by Gasteiger charge is -2.23.